The minimum absolute atomic E-state index is 0.0566. The summed E-state index contributed by atoms with van der Waals surface area (Å²) in [6.07, 6.45) is -4.52. The molecule has 0 saturated carbocycles. The Labute approximate surface area is 118 Å². The third-order valence-electron chi connectivity index (χ3n) is 2.81. The Bertz CT molecular complexity index is 683. The van der Waals surface area contributed by atoms with Crippen molar-refractivity contribution in [3.63, 3.8) is 0 Å². The molecule has 0 aliphatic carbocycles. The molecular weight excluding hydrogens is 283 g/mol. The predicted molar refractivity (Wildman–Crippen MR) is 74.1 cm³/mol. The summed E-state index contributed by atoms with van der Waals surface area (Å²) in [6, 6.07) is 9.09. The summed E-state index contributed by atoms with van der Waals surface area (Å²) < 4.78 is 38.8. The maximum Gasteiger partial charge on any atom is 0.418 e. The van der Waals surface area contributed by atoms with Gasteiger partial charge in [0.1, 0.15) is 0 Å². The fraction of sp³-hybridized carbons (Fsp3) is 0.0714. The van der Waals surface area contributed by atoms with Gasteiger partial charge in [-0.3, -0.25) is 4.79 Å². The van der Waals surface area contributed by atoms with Gasteiger partial charge in [0.05, 0.1) is 22.5 Å². The standard InChI is InChI=1S/C14H12F3N3O/c15-14(16,17)10-3-1-2-4-11(10)20-12-7-8(18)5-6-9(12)13(19)21/h1-7,20H,18H2,(H2,19,21). The molecule has 0 aliphatic heterocycles. The Hall–Kier alpha value is -2.70. The number of primary amides is 1. The van der Waals surface area contributed by atoms with Gasteiger partial charge in [-0.05, 0) is 30.3 Å². The van der Waals surface area contributed by atoms with Crippen LogP contribution in [0.25, 0.3) is 0 Å². The topological polar surface area (TPSA) is 81.1 Å². The number of nitrogen functional groups attached to an aromatic ring is 1. The average Bonchev–Trinajstić information content (AvgIpc) is 2.37. The van der Waals surface area contributed by atoms with Crippen LogP contribution in [0.4, 0.5) is 30.2 Å². The van der Waals surface area contributed by atoms with Crippen molar-refractivity contribution in [3.05, 3.63) is 53.6 Å². The van der Waals surface area contributed by atoms with Crippen LogP contribution in [-0.4, -0.2) is 5.91 Å². The number of benzene rings is 2. The highest BCUT2D eigenvalue weighted by Crippen LogP contribution is 2.36. The van der Waals surface area contributed by atoms with E-state index in [9.17, 15) is 18.0 Å². The van der Waals surface area contributed by atoms with Gasteiger partial charge in [0.2, 0.25) is 0 Å². The second-order valence-corrected chi connectivity index (χ2v) is 4.34. The number of hydrogen-bond acceptors (Lipinski definition) is 3. The lowest BCUT2D eigenvalue weighted by molar-refractivity contribution is -0.136. The van der Waals surface area contributed by atoms with Crippen molar-refractivity contribution >= 4 is 23.0 Å². The molecule has 0 aliphatic rings. The number of para-hydroxylation sites is 1. The number of hydrogen-bond donors (Lipinski definition) is 3. The van der Waals surface area contributed by atoms with E-state index >= 15 is 0 Å². The summed E-state index contributed by atoms with van der Waals surface area (Å²) in [7, 11) is 0. The van der Waals surface area contributed by atoms with Crippen LogP contribution in [0, 0.1) is 0 Å². The average molecular weight is 295 g/mol. The first-order chi connectivity index (χ1) is 9.79. The van der Waals surface area contributed by atoms with Crippen LogP contribution in [0.1, 0.15) is 15.9 Å². The molecule has 5 N–H and O–H groups in total. The predicted octanol–water partition coefficient (Wildman–Crippen LogP) is 3.13. The van der Waals surface area contributed by atoms with E-state index in [0.717, 1.165) is 6.07 Å². The maximum absolute atomic E-state index is 12.9. The second-order valence-electron chi connectivity index (χ2n) is 4.34. The molecule has 21 heavy (non-hydrogen) atoms. The van der Waals surface area contributed by atoms with Gasteiger partial charge in [-0.15, -0.1) is 0 Å². The van der Waals surface area contributed by atoms with E-state index < -0.39 is 17.6 Å². The molecule has 110 valence electrons. The third kappa shape index (κ3) is 3.25. The minimum atomic E-state index is -4.52. The molecule has 0 bridgehead atoms. The van der Waals surface area contributed by atoms with Crippen molar-refractivity contribution in [2.75, 3.05) is 11.1 Å². The Morgan fingerprint density at radius 3 is 2.33 bits per heavy atom. The molecule has 4 nitrogen and oxygen atoms in total. The van der Waals surface area contributed by atoms with Crippen LogP contribution in [0.5, 0.6) is 0 Å². The summed E-state index contributed by atoms with van der Waals surface area (Å²) in [5.74, 6) is -0.762. The Kier molecular flexibility index (Phi) is 3.75. The zero-order valence-corrected chi connectivity index (χ0v) is 10.7. The first kappa shape index (κ1) is 14.7. The lowest BCUT2D eigenvalue weighted by Crippen LogP contribution is -2.15. The number of amides is 1. The number of carbonyl (C=O) groups excluding carboxylic acids is 1. The fourth-order valence-corrected chi connectivity index (χ4v) is 1.86. The molecule has 0 spiro atoms. The molecular formula is C14H12F3N3O. The van der Waals surface area contributed by atoms with Crippen molar-refractivity contribution < 1.29 is 18.0 Å². The van der Waals surface area contributed by atoms with Crippen molar-refractivity contribution in [1.29, 1.82) is 0 Å². The van der Waals surface area contributed by atoms with Gasteiger partial charge in [-0.2, -0.15) is 13.2 Å². The van der Waals surface area contributed by atoms with Gasteiger partial charge in [-0.1, -0.05) is 12.1 Å². The minimum Gasteiger partial charge on any atom is -0.399 e. The third-order valence-corrected chi connectivity index (χ3v) is 2.81. The lowest BCUT2D eigenvalue weighted by Gasteiger charge is -2.16. The molecule has 0 unspecified atom stereocenters. The lowest BCUT2D eigenvalue weighted by atomic mass is 10.1. The van der Waals surface area contributed by atoms with E-state index in [1.807, 2.05) is 0 Å². The molecule has 0 aromatic heterocycles. The van der Waals surface area contributed by atoms with Gasteiger partial charge in [0.25, 0.3) is 5.91 Å². The van der Waals surface area contributed by atoms with Crippen LogP contribution < -0.4 is 16.8 Å². The summed E-state index contributed by atoms with van der Waals surface area (Å²) in [5, 5.41) is 2.57. The Morgan fingerprint density at radius 1 is 1.05 bits per heavy atom. The summed E-state index contributed by atoms with van der Waals surface area (Å²) >= 11 is 0. The SMILES string of the molecule is NC(=O)c1ccc(N)cc1Nc1ccccc1C(F)(F)F. The molecule has 0 radical (unpaired) electrons. The summed E-state index contributed by atoms with van der Waals surface area (Å²) in [4.78, 5) is 11.3. The normalized spacial score (nSPS) is 11.2. The number of carbonyl (C=O) groups is 1. The van der Waals surface area contributed by atoms with Crippen molar-refractivity contribution in [3.8, 4) is 0 Å². The number of nitrogens with two attached hydrogens (primary N) is 2. The number of nitrogens with one attached hydrogen (secondary N) is 1. The van der Waals surface area contributed by atoms with E-state index in [1.165, 1.54) is 36.4 Å². The molecule has 2 aromatic rings. The van der Waals surface area contributed by atoms with E-state index in [1.54, 1.807) is 0 Å². The van der Waals surface area contributed by atoms with Crippen molar-refractivity contribution in [2.24, 2.45) is 5.73 Å². The number of rotatable bonds is 3. The Balaban J connectivity index is 2.49. The van der Waals surface area contributed by atoms with Crippen LogP contribution in [-0.2, 0) is 6.18 Å². The first-order valence-corrected chi connectivity index (χ1v) is 5.91. The first-order valence-electron chi connectivity index (χ1n) is 5.91. The molecule has 0 fully saturated rings. The highest BCUT2D eigenvalue weighted by molar-refractivity contribution is 6.00. The summed E-state index contributed by atoms with van der Waals surface area (Å²) in [5.41, 5.74) is 10.2. The van der Waals surface area contributed by atoms with Crippen molar-refractivity contribution in [1.82, 2.24) is 0 Å². The Morgan fingerprint density at radius 2 is 1.71 bits per heavy atom. The van der Waals surface area contributed by atoms with Gasteiger partial charge < -0.3 is 16.8 Å². The van der Waals surface area contributed by atoms with E-state index in [4.69, 9.17) is 11.5 Å². The molecule has 2 rings (SSSR count). The number of anilines is 3. The molecule has 0 atom stereocenters. The van der Waals surface area contributed by atoms with Gasteiger partial charge in [0.15, 0.2) is 0 Å². The fourth-order valence-electron chi connectivity index (χ4n) is 1.86. The van der Waals surface area contributed by atoms with Crippen LogP contribution in [0.15, 0.2) is 42.5 Å². The van der Waals surface area contributed by atoms with Crippen LogP contribution >= 0.6 is 0 Å². The quantitative estimate of drug-likeness (QED) is 0.761. The zero-order valence-electron chi connectivity index (χ0n) is 10.7. The van der Waals surface area contributed by atoms with Crippen molar-refractivity contribution in [2.45, 2.75) is 6.18 Å². The second kappa shape index (κ2) is 5.35. The molecule has 1 amide bonds. The van der Waals surface area contributed by atoms with E-state index in [0.29, 0.717) is 5.69 Å². The van der Waals surface area contributed by atoms with Crippen LogP contribution in [0.3, 0.4) is 0 Å². The maximum atomic E-state index is 12.9. The van der Waals surface area contributed by atoms with Gasteiger partial charge >= 0.3 is 6.18 Å². The smallest absolute Gasteiger partial charge is 0.399 e. The molecule has 0 saturated heterocycles. The van der Waals surface area contributed by atoms with E-state index in [-0.39, 0.29) is 16.9 Å². The van der Waals surface area contributed by atoms with Crippen LogP contribution in [0.2, 0.25) is 0 Å². The number of alkyl halides is 3. The molecule has 2 aromatic carbocycles. The largest absolute Gasteiger partial charge is 0.418 e. The monoisotopic (exact) mass is 295 g/mol. The highest BCUT2D eigenvalue weighted by atomic mass is 19.4. The zero-order chi connectivity index (χ0) is 15.6. The van der Waals surface area contributed by atoms with Gasteiger partial charge in [0, 0.05) is 5.69 Å². The van der Waals surface area contributed by atoms with E-state index in [2.05, 4.69) is 5.32 Å². The van der Waals surface area contributed by atoms with Gasteiger partial charge in [-0.25, -0.2) is 0 Å². The number of halogens is 3. The highest BCUT2D eigenvalue weighted by Gasteiger charge is 2.33. The summed E-state index contributed by atoms with van der Waals surface area (Å²) in [6.45, 7) is 0. The molecule has 0 heterocycles. The molecule has 7 heteroatoms.